The second kappa shape index (κ2) is 13.6. The van der Waals surface area contributed by atoms with Gasteiger partial charge in [0.25, 0.3) is 11.5 Å². The first kappa shape index (κ1) is 27.9. The molecular weight excluding hydrogens is 516 g/mol. The molecule has 0 radical (unpaired) electrons. The Labute approximate surface area is 233 Å². The van der Waals surface area contributed by atoms with Gasteiger partial charge >= 0.3 is 0 Å². The van der Waals surface area contributed by atoms with Crippen molar-refractivity contribution in [3.8, 4) is 5.75 Å². The van der Waals surface area contributed by atoms with Gasteiger partial charge in [-0.3, -0.25) is 18.9 Å². The number of nitrogens with one attached hydrogen (secondary N) is 1. The molecule has 0 spiro atoms. The van der Waals surface area contributed by atoms with E-state index < -0.39 is 0 Å². The minimum atomic E-state index is -0.218. The minimum absolute atomic E-state index is 0.187. The van der Waals surface area contributed by atoms with Gasteiger partial charge in [-0.2, -0.15) is 0 Å². The molecule has 0 bridgehead atoms. The number of pyridine rings is 1. The molecular formula is C29H34N4O3S2. The minimum Gasteiger partial charge on any atom is -0.497 e. The maximum Gasteiger partial charge on any atom is 0.267 e. The lowest BCUT2D eigenvalue weighted by atomic mass is 10.1. The van der Waals surface area contributed by atoms with E-state index in [1.54, 1.807) is 36.4 Å². The summed E-state index contributed by atoms with van der Waals surface area (Å²) in [5.74, 6) is 1.10. The topological polar surface area (TPSA) is 75.9 Å². The number of anilines is 1. The van der Waals surface area contributed by atoms with Crippen LogP contribution in [0.3, 0.4) is 0 Å². The van der Waals surface area contributed by atoms with Crippen molar-refractivity contribution in [1.29, 1.82) is 0 Å². The molecule has 1 N–H and O–H groups in total. The Balaban J connectivity index is 1.51. The van der Waals surface area contributed by atoms with Gasteiger partial charge in [0.05, 0.1) is 17.6 Å². The van der Waals surface area contributed by atoms with Crippen LogP contribution in [-0.2, 0) is 11.2 Å². The zero-order chi connectivity index (χ0) is 26.9. The maximum absolute atomic E-state index is 13.4. The summed E-state index contributed by atoms with van der Waals surface area (Å²) in [5, 5.41) is 3.36. The van der Waals surface area contributed by atoms with Crippen molar-refractivity contribution in [3.05, 3.63) is 75.0 Å². The van der Waals surface area contributed by atoms with Crippen molar-refractivity contribution < 1.29 is 9.53 Å². The molecule has 0 aliphatic carbocycles. The van der Waals surface area contributed by atoms with E-state index in [1.165, 1.54) is 41.8 Å². The number of amides is 1. The Morgan fingerprint density at radius 2 is 1.82 bits per heavy atom. The molecule has 1 amide bonds. The highest BCUT2D eigenvalue weighted by Crippen LogP contribution is 2.33. The van der Waals surface area contributed by atoms with E-state index in [-0.39, 0.29) is 11.5 Å². The summed E-state index contributed by atoms with van der Waals surface area (Å²) in [4.78, 5) is 33.5. The molecule has 1 aliphatic heterocycles. The number of thiocarbonyl (C=S) groups is 1. The highest BCUT2D eigenvalue weighted by Gasteiger charge is 2.32. The lowest BCUT2D eigenvalue weighted by Gasteiger charge is -2.14. The number of unbranched alkanes of at least 4 members (excludes halogenated alkanes) is 5. The van der Waals surface area contributed by atoms with Gasteiger partial charge < -0.3 is 10.1 Å². The zero-order valence-corrected chi connectivity index (χ0v) is 23.6. The Morgan fingerprint density at radius 1 is 1.05 bits per heavy atom. The molecule has 0 unspecified atom stereocenters. The number of hydrogen-bond acceptors (Lipinski definition) is 7. The molecule has 0 atom stereocenters. The van der Waals surface area contributed by atoms with E-state index in [0.29, 0.717) is 45.8 Å². The molecule has 4 rings (SSSR count). The van der Waals surface area contributed by atoms with Crippen LogP contribution in [0.1, 0.15) is 56.6 Å². The molecule has 9 heteroatoms. The van der Waals surface area contributed by atoms with Crippen molar-refractivity contribution >= 4 is 51.7 Å². The molecule has 200 valence electrons. The summed E-state index contributed by atoms with van der Waals surface area (Å²) in [7, 11) is 1.63. The third-order valence-corrected chi connectivity index (χ3v) is 7.90. The number of rotatable bonds is 13. The van der Waals surface area contributed by atoms with E-state index in [0.717, 1.165) is 24.2 Å². The van der Waals surface area contributed by atoms with Crippen molar-refractivity contribution in [2.24, 2.45) is 0 Å². The third-order valence-electron chi connectivity index (χ3n) is 6.52. The predicted octanol–water partition coefficient (Wildman–Crippen LogP) is 5.92. The molecule has 2 aromatic heterocycles. The van der Waals surface area contributed by atoms with Gasteiger partial charge in [-0.05, 0) is 48.7 Å². The number of carbonyl (C=O) groups excluding carboxylic acids is 1. The van der Waals surface area contributed by atoms with Crippen LogP contribution in [-0.4, -0.2) is 44.7 Å². The fourth-order valence-electron chi connectivity index (χ4n) is 4.34. The molecule has 3 aromatic rings. The number of fused-ring (bicyclic) bond motifs is 1. The number of aromatic nitrogens is 2. The zero-order valence-electron chi connectivity index (χ0n) is 21.9. The van der Waals surface area contributed by atoms with E-state index in [4.69, 9.17) is 21.9 Å². The van der Waals surface area contributed by atoms with Gasteiger partial charge in [0.15, 0.2) is 0 Å². The quantitative estimate of drug-likeness (QED) is 0.161. The van der Waals surface area contributed by atoms with Gasteiger partial charge in [0.1, 0.15) is 21.5 Å². The average Bonchev–Trinajstić information content (AvgIpc) is 3.20. The van der Waals surface area contributed by atoms with Crippen LogP contribution in [0.5, 0.6) is 5.75 Å². The summed E-state index contributed by atoms with van der Waals surface area (Å²) >= 11 is 6.76. The van der Waals surface area contributed by atoms with Crippen LogP contribution in [0.4, 0.5) is 5.82 Å². The summed E-state index contributed by atoms with van der Waals surface area (Å²) in [6.07, 6.45) is 11.1. The summed E-state index contributed by atoms with van der Waals surface area (Å²) < 4.78 is 7.21. The number of methoxy groups -OCH3 is 1. The van der Waals surface area contributed by atoms with E-state index in [2.05, 4.69) is 12.2 Å². The summed E-state index contributed by atoms with van der Waals surface area (Å²) in [6, 6.07) is 13.2. The van der Waals surface area contributed by atoms with Gasteiger partial charge in [0, 0.05) is 19.3 Å². The second-order valence-corrected chi connectivity index (χ2v) is 10.9. The Morgan fingerprint density at radius 3 is 2.58 bits per heavy atom. The smallest absolute Gasteiger partial charge is 0.267 e. The number of carbonyl (C=O) groups is 1. The van der Waals surface area contributed by atoms with E-state index in [9.17, 15) is 9.59 Å². The van der Waals surface area contributed by atoms with Crippen LogP contribution < -0.4 is 15.6 Å². The van der Waals surface area contributed by atoms with Crippen LogP contribution in [0.25, 0.3) is 11.7 Å². The molecule has 1 saturated heterocycles. The van der Waals surface area contributed by atoms with Gasteiger partial charge in [-0.25, -0.2) is 4.98 Å². The largest absolute Gasteiger partial charge is 0.497 e. The first-order valence-corrected chi connectivity index (χ1v) is 14.4. The number of nitrogens with zero attached hydrogens (tertiary/aromatic N) is 3. The standard InChI is InChI=1S/C29H34N4O3S2/c1-3-4-5-6-7-9-17-30-26-23(27(34)32-18-10-8-11-25(32)31-26)20-24-28(35)33(29(37)38-24)19-16-21-12-14-22(36-2)15-13-21/h8,10-15,18,20,30H,3-7,9,16-17,19H2,1-2H3/b24-20-. The van der Waals surface area contributed by atoms with Crippen molar-refractivity contribution in [2.75, 3.05) is 25.5 Å². The molecule has 7 nitrogen and oxygen atoms in total. The highest BCUT2D eigenvalue weighted by molar-refractivity contribution is 8.26. The maximum atomic E-state index is 13.4. The van der Waals surface area contributed by atoms with E-state index >= 15 is 0 Å². The van der Waals surface area contributed by atoms with Gasteiger partial charge in [-0.1, -0.05) is 81.2 Å². The van der Waals surface area contributed by atoms with Crippen LogP contribution in [0.2, 0.25) is 0 Å². The van der Waals surface area contributed by atoms with E-state index in [1.807, 2.05) is 30.3 Å². The normalized spacial score (nSPS) is 14.6. The second-order valence-electron chi connectivity index (χ2n) is 9.23. The van der Waals surface area contributed by atoms with Crippen molar-refractivity contribution in [2.45, 2.75) is 51.9 Å². The summed E-state index contributed by atoms with van der Waals surface area (Å²) in [6.45, 7) is 3.39. The SMILES string of the molecule is CCCCCCCCNc1nc2ccccn2c(=O)c1/C=C1\SC(=S)N(CCc2ccc(OC)cc2)C1=O. The Bertz CT molecular complexity index is 1370. The van der Waals surface area contributed by atoms with Gasteiger partial charge in [-0.15, -0.1) is 0 Å². The fourth-order valence-corrected chi connectivity index (χ4v) is 5.63. The summed E-state index contributed by atoms with van der Waals surface area (Å²) in [5.41, 5.74) is 1.80. The number of hydrogen-bond donors (Lipinski definition) is 1. The first-order valence-electron chi connectivity index (χ1n) is 13.2. The molecule has 1 fully saturated rings. The number of thioether (sulfide) groups is 1. The Kier molecular flexibility index (Phi) is 9.95. The molecule has 0 saturated carbocycles. The van der Waals surface area contributed by atoms with Gasteiger partial charge in [0.2, 0.25) is 0 Å². The third kappa shape index (κ3) is 6.82. The number of benzene rings is 1. The number of ether oxygens (including phenoxy) is 1. The lowest BCUT2D eigenvalue weighted by Crippen LogP contribution is -2.30. The van der Waals surface area contributed by atoms with Crippen LogP contribution >= 0.6 is 24.0 Å². The predicted molar refractivity (Wildman–Crippen MR) is 160 cm³/mol. The lowest BCUT2D eigenvalue weighted by molar-refractivity contribution is -0.122. The monoisotopic (exact) mass is 550 g/mol. The first-order chi connectivity index (χ1) is 18.5. The van der Waals surface area contributed by atoms with Crippen LogP contribution in [0.15, 0.2) is 58.4 Å². The molecule has 3 heterocycles. The van der Waals surface area contributed by atoms with Crippen molar-refractivity contribution in [1.82, 2.24) is 14.3 Å². The average molecular weight is 551 g/mol. The fraction of sp³-hybridized carbons (Fsp3) is 0.379. The van der Waals surface area contributed by atoms with Crippen molar-refractivity contribution in [3.63, 3.8) is 0 Å². The Hall–Kier alpha value is -3.17. The van der Waals surface area contributed by atoms with Crippen LogP contribution in [0, 0.1) is 0 Å². The molecule has 38 heavy (non-hydrogen) atoms. The molecule has 1 aromatic carbocycles. The molecule has 1 aliphatic rings. The highest BCUT2D eigenvalue weighted by atomic mass is 32.2.